The number of carbonyl (C=O) groups excluding carboxylic acids is 1. The number of amides is 1. The average Bonchev–Trinajstić information content (AvgIpc) is 2.99. The van der Waals surface area contributed by atoms with E-state index in [1.165, 1.54) is 7.11 Å². The number of nitrogens with zero attached hydrogens (tertiary/aromatic N) is 2. The van der Waals surface area contributed by atoms with Gasteiger partial charge < -0.3 is 14.8 Å². The van der Waals surface area contributed by atoms with Gasteiger partial charge >= 0.3 is 0 Å². The van der Waals surface area contributed by atoms with Crippen molar-refractivity contribution in [2.24, 2.45) is 0 Å². The van der Waals surface area contributed by atoms with Gasteiger partial charge in [0.15, 0.2) is 11.5 Å². The maximum atomic E-state index is 12.7. The Bertz CT molecular complexity index is 947. The van der Waals surface area contributed by atoms with Crippen molar-refractivity contribution in [2.45, 2.75) is 13.8 Å². The minimum absolute atomic E-state index is 0.236. The van der Waals surface area contributed by atoms with Gasteiger partial charge in [-0.3, -0.25) is 4.79 Å². The van der Waals surface area contributed by atoms with Gasteiger partial charge in [0.25, 0.3) is 5.91 Å². The van der Waals surface area contributed by atoms with Crippen LogP contribution in [0.25, 0.3) is 5.69 Å². The number of aromatic nitrogens is 2. The molecule has 0 aliphatic carbocycles. The second-order valence-corrected chi connectivity index (χ2v) is 5.88. The quantitative estimate of drug-likeness (QED) is 0.760. The van der Waals surface area contributed by atoms with Crippen molar-refractivity contribution < 1.29 is 14.3 Å². The van der Waals surface area contributed by atoms with Crippen molar-refractivity contribution in [3.05, 3.63) is 65.5 Å². The number of benzene rings is 2. The van der Waals surface area contributed by atoms with E-state index in [0.29, 0.717) is 22.7 Å². The zero-order valence-corrected chi connectivity index (χ0v) is 15.2. The Morgan fingerprint density at radius 3 is 2.38 bits per heavy atom. The largest absolute Gasteiger partial charge is 0.493 e. The van der Waals surface area contributed by atoms with Crippen LogP contribution in [-0.2, 0) is 0 Å². The van der Waals surface area contributed by atoms with E-state index in [0.717, 1.165) is 17.1 Å². The van der Waals surface area contributed by atoms with Gasteiger partial charge in [0.1, 0.15) is 0 Å². The number of carbonyl (C=O) groups is 1. The van der Waals surface area contributed by atoms with Crippen molar-refractivity contribution in [3.63, 3.8) is 0 Å². The zero-order chi connectivity index (χ0) is 18.7. The molecular formula is C20H21N3O3. The highest BCUT2D eigenvalue weighted by Gasteiger charge is 2.14. The lowest BCUT2D eigenvalue weighted by Crippen LogP contribution is -2.14. The van der Waals surface area contributed by atoms with E-state index in [9.17, 15) is 4.79 Å². The lowest BCUT2D eigenvalue weighted by atomic mass is 10.1. The molecule has 134 valence electrons. The molecule has 6 nitrogen and oxygen atoms in total. The third-order valence-corrected chi connectivity index (χ3v) is 4.04. The number of methoxy groups -OCH3 is 2. The first-order chi connectivity index (χ1) is 12.5. The minimum Gasteiger partial charge on any atom is -0.493 e. The maximum Gasteiger partial charge on any atom is 0.255 e. The Hall–Kier alpha value is -3.28. The molecule has 0 radical (unpaired) electrons. The number of hydrogen-bond donors (Lipinski definition) is 1. The molecule has 1 N–H and O–H groups in total. The first-order valence-corrected chi connectivity index (χ1v) is 8.19. The van der Waals surface area contributed by atoms with Crippen LogP contribution in [0.5, 0.6) is 11.5 Å². The summed E-state index contributed by atoms with van der Waals surface area (Å²) in [7, 11) is 3.10. The van der Waals surface area contributed by atoms with Gasteiger partial charge in [-0.1, -0.05) is 12.1 Å². The monoisotopic (exact) mass is 351 g/mol. The fourth-order valence-electron chi connectivity index (χ4n) is 2.81. The second-order valence-electron chi connectivity index (χ2n) is 5.88. The molecule has 1 aromatic heterocycles. The number of aryl methyl sites for hydroxylation is 2. The number of para-hydroxylation sites is 2. The van der Waals surface area contributed by atoms with Gasteiger partial charge in [-0.05, 0) is 50.2 Å². The average molecular weight is 351 g/mol. The van der Waals surface area contributed by atoms with Crippen molar-refractivity contribution in [3.8, 4) is 17.2 Å². The summed E-state index contributed by atoms with van der Waals surface area (Å²) in [5.74, 6) is 0.846. The van der Waals surface area contributed by atoms with Gasteiger partial charge in [-0.25, -0.2) is 4.68 Å². The molecule has 26 heavy (non-hydrogen) atoms. The second kappa shape index (κ2) is 7.31. The summed E-state index contributed by atoms with van der Waals surface area (Å²) < 4.78 is 12.3. The number of rotatable bonds is 5. The maximum absolute atomic E-state index is 12.7. The standard InChI is InChI=1S/C20H21N3O3/c1-13-11-14(2)23(22-13)17-8-6-5-7-16(17)21-20(24)15-9-10-18(25-3)19(12-15)26-4/h5-12H,1-4H3,(H,21,24). The van der Waals surface area contributed by atoms with Gasteiger partial charge in [0.05, 0.1) is 31.3 Å². The molecule has 0 saturated carbocycles. The molecule has 0 aliphatic heterocycles. The number of hydrogen-bond acceptors (Lipinski definition) is 4. The summed E-state index contributed by atoms with van der Waals surface area (Å²) in [5, 5.41) is 7.45. The Labute approximate surface area is 152 Å². The Morgan fingerprint density at radius 1 is 1.00 bits per heavy atom. The van der Waals surface area contributed by atoms with E-state index in [2.05, 4.69) is 10.4 Å². The molecule has 2 aromatic carbocycles. The molecule has 1 amide bonds. The van der Waals surface area contributed by atoms with E-state index >= 15 is 0 Å². The van der Waals surface area contributed by atoms with Crippen LogP contribution in [0.3, 0.4) is 0 Å². The fourth-order valence-corrected chi connectivity index (χ4v) is 2.81. The summed E-state index contributed by atoms with van der Waals surface area (Å²) in [6.07, 6.45) is 0. The highest BCUT2D eigenvalue weighted by Crippen LogP contribution is 2.28. The van der Waals surface area contributed by atoms with E-state index in [1.807, 2.05) is 48.9 Å². The molecule has 0 saturated heterocycles. The van der Waals surface area contributed by atoms with Gasteiger partial charge in [-0.15, -0.1) is 0 Å². The van der Waals surface area contributed by atoms with Gasteiger partial charge in [-0.2, -0.15) is 5.10 Å². The van der Waals surface area contributed by atoms with Crippen molar-refractivity contribution in [1.82, 2.24) is 9.78 Å². The SMILES string of the molecule is COc1ccc(C(=O)Nc2ccccc2-n2nc(C)cc2C)cc1OC. The predicted octanol–water partition coefficient (Wildman–Crippen LogP) is 3.76. The van der Waals surface area contributed by atoms with Gasteiger partial charge in [0, 0.05) is 11.3 Å². The first kappa shape index (κ1) is 17.5. The van der Waals surface area contributed by atoms with Crippen LogP contribution in [0, 0.1) is 13.8 Å². The van der Waals surface area contributed by atoms with Crippen LogP contribution in [0.15, 0.2) is 48.5 Å². The Morgan fingerprint density at radius 2 is 1.73 bits per heavy atom. The van der Waals surface area contributed by atoms with Crippen molar-refractivity contribution in [2.75, 3.05) is 19.5 Å². The van der Waals surface area contributed by atoms with Crippen LogP contribution >= 0.6 is 0 Å². The summed E-state index contributed by atoms with van der Waals surface area (Å²) in [6.45, 7) is 3.92. The lowest BCUT2D eigenvalue weighted by molar-refractivity contribution is 0.102. The van der Waals surface area contributed by atoms with E-state index < -0.39 is 0 Å². The van der Waals surface area contributed by atoms with E-state index in [4.69, 9.17) is 9.47 Å². The molecule has 0 unspecified atom stereocenters. The normalized spacial score (nSPS) is 10.5. The third-order valence-electron chi connectivity index (χ3n) is 4.04. The fraction of sp³-hybridized carbons (Fsp3) is 0.200. The number of nitrogens with one attached hydrogen (secondary N) is 1. The summed E-state index contributed by atoms with van der Waals surface area (Å²) in [5.41, 5.74) is 3.88. The highest BCUT2D eigenvalue weighted by atomic mass is 16.5. The topological polar surface area (TPSA) is 65.4 Å². The lowest BCUT2D eigenvalue weighted by Gasteiger charge is -2.13. The number of ether oxygens (including phenoxy) is 2. The molecule has 3 rings (SSSR count). The molecule has 0 atom stereocenters. The minimum atomic E-state index is -0.236. The summed E-state index contributed by atoms with van der Waals surface area (Å²) >= 11 is 0. The van der Waals surface area contributed by atoms with Crippen molar-refractivity contribution >= 4 is 11.6 Å². The molecule has 0 spiro atoms. The molecule has 1 heterocycles. The number of anilines is 1. The molecule has 3 aromatic rings. The van der Waals surface area contributed by atoms with E-state index in [1.54, 1.807) is 25.3 Å². The first-order valence-electron chi connectivity index (χ1n) is 8.19. The zero-order valence-electron chi connectivity index (χ0n) is 15.2. The molecular weight excluding hydrogens is 330 g/mol. The molecule has 0 aliphatic rings. The molecule has 0 fully saturated rings. The Kier molecular flexibility index (Phi) is 4.93. The van der Waals surface area contributed by atoms with Crippen LogP contribution in [0.4, 0.5) is 5.69 Å². The smallest absolute Gasteiger partial charge is 0.255 e. The Balaban J connectivity index is 1.92. The van der Waals surface area contributed by atoms with Crippen LogP contribution < -0.4 is 14.8 Å². The summed E-state index contributed by atoms with van der Waals surface area (Å²) in [4.78, 5) is 12.7. The van der Waals surface area contributed by atoms with Crippen LogP contribution in [0.2, 0.25) is 0 Å². The highest BCUT2D eigenvalue weighted by molar-refractivity contribution is 6.05. The summed E-state index contributed by atoms with van der Waals surface area (Å²) in [6, 6.07) is 14.6. The van der Waals surface area contributed by atoms with Gasteiger partial charge in [0.2, 0.25) is 0 Å². The van der Waals surface area contributed by atoms with Crippen LogP contribution in [-0.4, -0.2) is 29.9 Å². The third kappa shape index (κ3) is 3.39. The van der Waals surface area contributed by atoms with E-state index in [-0.39, 0.29) is 5.91 Å². The van der Waals surface area contributed by atoms with Crippen molar-refractivity contribution in [1.29, 1.82) is 0 Å². The predicted molar refractivity (Wildman–Crippen MR) is 101 cm³/mol. The molecule has 6 heteroatoms. The van der Waals surface area contributed by atoms with Crippen LogP contribution in [0.1, 0.15) is 21.7 Å². The molecule has 0 bridgehead atoms.